The molecule has 1 rings (SSSR count). The highest BCUT2D eigenvalue weighted by Crippen LogP contribution is 2.31. The molecule has 0 saturated heterocycles. The lowest BCUT2D eigenvalue weighted by molar-refractivity contribution is -0.384. The summed E-state index contributed by atoms with van der Waals surface area (Å²) in [7, 11) is 1.79. The number of hydrogen-bond donors (Lipinski definition) is 0. The van der Waals surface area contributed by atoms with Gasteiger partial charge in [-0.25, -0.2) is 0 Å². The van der Waals surface area contributed by atoms with Crippen LogP contribution in [0.4, 0.5) is 11.4 Å². The highest BCUT2D eigenvalue weighted by molar-refractivity contribution is 7.99. The Hall–Kier alpha value is -1.49. The van der Waals surface area contributed by atoms with Crippen molar-refractivity contribution in [1.82, 2.24) is 0 Å². The lowest BCUT2D eigenvalue weighted by atomic mass is 10.1. The maximum atomic E-state index is 10.8. The van der Waals surface area contributed by atoms with E-state index in [4.69, 9.17) is 0 Å². The maximum absolute atomic E-state index is 10.8. The number of benzene rings is 1. The molecule has 1 aromatic carbocycles. The van der Waals surface area contributed by atoms with E-state index in [1.807, 2.05) is 6.26 Å². The van der Waals surface area contributed by atoms with Crippen molar-refractivity contribution in [1.29, 1.82) is 0 Å². The molecular weight excluding hydrogens is 212 g/mol. The number of rotatable bonds is 4. The average Bonchev–Trinajstić information content (AvgIpc) is 2.26. The molecule has 0 unspecified atom stereocenters. The van der Waals surface area contributed by atoms with Gasteiger partial charge in [0.15, 0.2) is 0 Å². The molecule has 5 heteroatoms. The Bertz CT molecular complexity index is 393. The zero-order valence-corrected chi connectivity index (χ0v) is 9.45. The van der Waals surface area contributed by atoms with E-state index in [9.17, 15) is 10.1 Å². The van der Waals surface area contributed by atoms with Gasteiger partial charge in [0.2, 0.25) is 0 Å². The van der Waals surface area contributed by atoms with E-state index < -0.39 is 0 Å². The number of anilines is 1. The van der Waals surface area contributed by atoms with Gasteiger partial charge in [0, 0.05) is 19.4 Å². The van der Waals surface area contributed by atoms with Gasteiger partial charge in [-0.3, -0.25) is 10.1 Å². The van der Waals surface area contributed by atoms with E-state index in [0.717, 1.165) is 5.56 Å². The second kappa shape index (κ2) is 4.84. The lowest BCUT2D eigenvalue weighted by Gasteiger charge is -2.15. The molecular formula is C10H12N2O2S. The second-order valence-electron chi connectivity index (χ2n) is 2.89. The lowest BCUT2D eigenvalue weighted by Crippen LogP contribution is -2.08. The molecule has 1 aromatic rings. The first-order valence-corrected chi connectivity index (χ1v) is 5.47. The van der Waals surface area contributed by atoms with Gasteiger partial charge >= 0.3 is 0 Å². The molecule has 0 spiro atoms. The van der Waals surface area contributed by atoms with E-state index >= 15 is 0 Å². The van der Waals surface area contributed by atoms with Crippen LogP contribution < -0.4 is 4.31 Å². The van der Waals surface area contributed by atoms with Crippen LogP contribution in [0, 0.1) is 10.1 Å². The minimum absolute atomic E-state index is 0.109. The highest BCUT2D eigenvalue weighted by atomic mass is 32.2. The fraction of sp³-hybridized carbons (Fsp3) is 0.200. The van der Waals surface area contributed by atoms with Gasteiger partial charge in [0.25, 0.3) is 5.69 Å². The summed E-state index contributed by atoms with van der Waals surface area (Å²) in [6, 6.07) is 4.93. The van der Waals surface area contributed by atoms with E-state index in [1.165, 1.54) is 18.0 Å². The van der Waals surface area contributed by atoms with Crippen molar-refractivity contribution in [3.05, 3.63) is 40.5 Å². The molecule has 0 fully saturated rings. The third-order valence-corrected chi connectivity index (χ3v) is 2.79. The number of nitrogens with zero attached hydrogens (tertiary/aromatic N) is 2. The first-order chi connectivity index (χ1) is 7.10. The molecule has 0 bridgehead atoms. The molecule has 0 saturated carbocycles. The van der Waals surface area contributed by atoms with Crippen molar-refractivity contribution in [2.75, 3.05) is 17.6 Å². The van der Waals surface area contributed by atoms with Gasteiger partial charge in [0.1, 0.15) is 5.69 Å². The van der Waals surface area contributed by atoms with E-state index in [2.05, 4.69) is 6.58 Å². The quantitative estimate of drug-likeness (QED) is 0.448. The van der Waals surface area contributed by atoms with Gasteiger partial charge in [-0.2, -0.15) is 0 Å². The van der Waals surface area contributed by atoms with Crippen molar-refractivity contribution in [2.45, 2.75) is 0 Å². The van der Waals surface area contributed by atoms with Crippen LogP contribution in [0.2, 0.25) is 0 Å². The molecule has 15 heavy (non-hydrogen) atoms. The normalized spacial score (nSPS) is 9.73. The largest absolute Gasteiger partial charge is 0.314 e. The molecule has 0 aliphatic rings. The van der Waals surface area contributed by atoms with Gasteiger partial charge in [-0.15, -0.1) is 0 Å². The van der Waals surface area contributed by atoms with Crippen molar-refractivity contribution < 1.29 is 4.92 Å². The summed E-state index contributed by atoms with van der Waals surface area (Å²) in [5.41, 5.74) is 1.57. The number of hydrogen-bond acceptors (Lipinski definition) is 4. The van der Waals surface area contributed by atoms with Crippen LogP contribution in [0.25, 0.3) is 6.08 Å². The van der Waals surface area contributed by atoms with Crippen molar-refractivity contribution in [2.24, 2.45) is 0 Å². The number of nitro groups is 1. The molecule has 80 valence electrons. The fourth-order valence-electron chi connectivity index (χ4n) is 1.17. The molecule has 0 amide bonds. The minimum Gasteiger partial charge on any atom is -0.314 e. The van der Waals surface area contributed by atoms with E-state index in [1.54, 1.807) is 29.6 Å². The average molecular weight is 224 g/mol. The summed E-state index contributed by atoms with van der Waals surface area (Å²) in [4.78, 5) is 10.4. The Morgan fingerprint density at radius 2 is 2.27 bits per heavy atom. The smallest absolute Gasteiger partial charge is 0.293 e. The Morgan fingerprint density at radius 1 is 1.60 bits per heavy atom. The predicted molar refractivity (Wildman–Crippen MR) is 65.1 cm³/mol. The summed E-state index contributed by atoms with van der Waals surface area (Å²) in [6.45, 7) is 3.64. The standard InChI is InChI=1S/C10H12N2O2S/c1-4-8-5-6-9(12(13)14)10(7-8)11(2)15-3/h4-7H,1H2,2-3H3. The Kier molecular flexibility index (Phi) is 3.74. The van der Waals surface area contributed by atoms with Gasteiger partial charge in [0.05, 0.1) is 4.92 Å². The Labute approximate surface area is 92.9 Å². The predicted octanol–water partition coefficient (Wildman–Crippen LogP) is 2.95. The molecule has 0 heterocycles. The zero-order chi connectivity index (χ0) is 11.4. The van der Waals surface area contributed by atoms with Crippen LogP contribution in [-0.2, 0) is 0 Å². The number of nitro benzene ring substituents is 1. The molecule has 0 aromatic heterocycles. The van der Waals surface area contributed by atoms with Crippen LogP contribution >= 0.6 is 11.9 Å². The highest BCUT2D eigenvalue weighted by Gasteiger charge is 2.16. The third kappa shape index (κ3) is 2.50. The zero-order valence-electron chi connectivity index (χ0n) is 8.64. The van der Waals surface area contributed by atoms with Crippen LogP contribution in [0.1, 0.15) is 5.56 Å². The van der Waals surface area contributed by atoms with Crippen LogP contribution in [0.3, 0.4) is 0 Å². The summed E-state index contributed by atoms with van der Waals surface area (Å²) < 4.78 is 1.76. The maximum Gasteiger partial charge on any atom is 0.293 e. The van der Waals surface area contributed by atoms with Crippen molar-refractivity contribution >= 4 is 29.4 Å². The van der Waals surface area contributed by atoms with Gasteiger partial charge in [-0.1, -0.05) is 24.6 Å². The summed E-state index contributed by atoms with van der Waals surface area (Å²) in [5.74, 6) is 0. The Morgan fingerprint density at radius 3 is 2.73 bits per heavy atom. The summed E-state index contributed by atoms with van der Waals surface area (Å²) in [6.07, 6.45) is 3.53. The molecule has 0 aliphatic heterocycles. The SMILES string of the molecule is C=Cc1ccc([N+](=O)[O-])c(N(C)SC)c1. The first-order valence-electron chi connectivity index (χ1n) is 4.29. The minimum atomic E-state index is -0.380. The molecule has 0 atom stereocenters. The second-order valence-corrected chi connectivity index (χ2v) is 3.80. The molecule has 0 aliphatic carbocycles. The van der Waals surface area contributed by atoms with E-state index in [0.29, 0.717) is 5.69 Å². The summed E-state index contributed by atoms with van der Waals surface area (Å²) >= 11 is 1.42. The molecule has 4 nitrogen and oxygen atoms in total. The van der Waals surface area contributed by atoms with Gasteiger partial charge in [-0.05, 0) is 17.7 Å². The van der Waals surface area contributed by atoms with Gasteiger partial charge < -0.3 is 4.31 Å². The van der Waals surface area contributed by atoms with Crippen molar-refractivity contribution in [3.8, 4) is 0 Å². The first kappa shape index (κ1) is 11.6. The fourth-order valence-corrected chi connectivity index (χ4v) is 1.52. The summed E-state index contributed by atoms with van der Waals surface area (Å²) in [5, 5.41) is 10.8. The van der Waals surface area contributed by atoms with Crippen molar-refractivity contribution in [3.63, 3.8) is 0 Å². The molecule has 0 N–H and O–H groups in total. The topological polar surface area (TPSA) is 46.4 Å². The van der Waals surface area contributed by atoms with Crippen LogP contribution in [0.5, 0.6) is 0 Å². The molecule has 0 radical (unpaired) electrons. The Balaban J connectivity index is 3.28. The monoisotopic (exact) mass is 224 g/mol. The van der Waals surface area contributed by atoms with E-state index in [-0.39, 0.29) is 10.6 Å². The van der Waals surface area contributed by atoms with Crippen LogP contribution in [0.15, 0.2) is 24.8 Å². The van der Waals surface area contributed by atoms with Crippen LogP contribution in [-0.4, -0.2) is 18.2 Å². The third-order valence-electron chi connectivity index (χ3n) is 2.04.